The van der Waals surface area contributed by atoms with Crippen molar-refractivity contribution >= 4 is 15.9 Å². The fourth-order valence-electron chi connectivity index (χ4n) is 2.44. The van der Waals surface area contributed by atoms with Gasteiger partial charge in [0.05, 0.1) is 0 Å². The van der Waals surface area contributed by atoms with Crippen LogP contribution in [-0.4, -0.2) is 6.04 Å². The first-order valence-corrected chi connectivity index (χ1v) is 6.66. The van der Waals surface area contributed by atoms with Crippen molar-refractivity contribution in [1.29, 1.82) is 0 Å². The minimum Gasteiger partial charge on any atom is -0.307 e. The van der Waals surface area contributed by atoms with Gasteiger partial charge in [-0.25, -0.2) is 0 Å². The molecular formula is C14H18BrN. The van der Waals surface area contributed by atoms with E-state index in [-0.39, 0.29) is 0 Å². The van der Waals surface area contributed by atoms with E-state index in [9.17, 15) is 0 Å². The summed E-state index contributed by atoms with van der Waals surface area (Å²) in [4.78, 5) is 0. The predicted octanol–water partition coefficient (Wildman–Crippen LogP) is 3.99. The Morgan fingerprint density at radius 1 is 1.62 bits per heavy atom. The van der Waals surface area contributed by atoms with Crippen molar-refractivity contribution < 1.29 is 0 Å². The van der Waals surface area contributed by atoms with E-state index in [4.69, 9.17) is 0 Å². The number of fused-ring (bicyclic) bond motifs is 1. The van der Waals surface area contributed by atoms with Gasteiger partial charge in [0, 0.05) is 16.6 Å². The van der Waals surface area contributed by atoms with Crippen LogP contribution in [0.5, 0.6) is 0 Å². The van der Waals surface area contributed by atoms with Crippen LogP contribution in [0.1, 0.15) is 36.9 Å². The van der Waals surface area contributed by atoms with Crippen molar-refractivity contribution in [3.05, 3.63) is 46.5 Å². The minimum absolute atomic E-state index is 0.507. The largest absolute Gasteiger partial charge is 0.307 e. The quantitative estimate of drug-likeness (QED) is 0.822. The standard InChI is InChI=1S/C14H18BrN/c1-3-5-10(2)16-14-9-8-11-12(14)6-4-7-13(11)15/h3-4,6-7,10,14,16H,1,5,8-9H2,2H3. The van der Waals surface area contributed by atoms with E-state index in [1.54, 1.807) is 0 Å². The number of benzene rings is 1. The van der Waals surface area contributed by atoms with Crippen molar-refractivity contribution in [1.82, 2.24) is 5.32 Å². The van der Waals surface area contributed by atoms with E-state index in [1.807, 2.05) is 6.08 Å². The molecule has 2 unspecified atom stereocenters. The molecule has 0 heterocycles. The summed E-state index contributed by atoms with van der Waals surface area (Å²) < 4.78 is 1.26. The maximum Gasteiger partial charge on any atom is 0.0328 e. The first-order valence-electron chi connectivity index (χ1n) is 5.86. The highest BCUT2D eigenvalue weighted by Gasteiger charge is 2.24. The summed E-state index contributed by atoms with van der Waals surface area (Å²) in [5, 5.41) is 3.67. The molecule has 0 radical (unpaired) electrons. The van der Waals surface area contributed by atoms with Gasteiger partial charge in [0.2, 0.25) is 0 Å². The molecule has 0 amide bonds. The lowest BCUT2D eigenvalue weighted by Crippen LogP contribution is -2.28. The highest BCUT2D eigenvalue weighted by atomic mass is 79.9. The fourth-order valence-corrected chi connectivity index (χ4v) is 3.02. The molecule has 1 N–H and O–H groups in total. The number of hydrogen-bond donors (Lipinski definition) is 1. The molecule has 1 aliphatic rings. The molecular weight excluding hydrogens is 262 g/mol. The van der Waals surface area contributed by atoms with Crippen molar-refractivity contribution in [3.8, 4) is 0 Å². The van der Waals surface area contributed by atoms with E-state index in [0.717, 1.165) is 6.42 Å². The van der Waals surface area contributed by atoms with Gasteiger partial charge in [-0.15, -0.1) is 6.58 Å². The van der Waals surface area contributed by atoms with Crippen LogP contribution in [0.15, 0.2) is 35.3 Å². The van der Waals surface area contributed by atoms with Crippen LogP contribution >= 0.6 is 15.9 Å². The first kappa shape index (κ1) is 11.9. The molecule has 0 aromatic heterocycles. The van der Waals surface area contributed by atoms with Crippen LogP contribution in [0.25, 0.3) is 0 Å². The van der Waals surface area contributed by atoms with Gasteiger partial charge in [0.1, 0.15) is 0 Å². The minimum atomic E-state index is 0.507. The average Bonchev–Trinajstić information content (AvgIpc) is 2.64. The molecule has 2 atom stereocenters. The Morgan fingerprint density at radius 2 is 2.44 bits per heavy atom. The molecule has 1 aliphatic carbocycles. The van der Waals surface area contributed by atoms with Crippen molar-refractivity contribution in [3.63, 3.8) is 0 Å². The molecule has 0 saturated carbocycles. The lowest BCUT2D eigenvalue weighted by molar-refractivity contribution is 0.456. The highest BCUT2D eigenvalue weighted by Crippen LogP contribution is 2.35. The second kappa shape index (κ2) is 5.15. The Labute approximate surface area is 106 Å². The third-order valence-electron chi connectivity index (χ3n) is 3.22. The molecule has 16 heavy (non-hydrogen) atoms. The molecule has 1 aromatic carbocycles. The Morgan fingerprint density at radius 3 is 3.19 bits per heavy atom. The topological polar surface area (TPSA) is 12.0 Å². The molecule has 2 heteroatoms. The second-order valence-corrected chi connectivity index (χ2v) is 5.35. The maximum atomic E-state index is 3.79. The molecule has 0 saturated heterocycles. The number of hydrogen-bond acceptors (Lipinski definition) is 1. The summed E-state index contributed by atoms with van der Waals surface area (Å²) in [6.45, 7) is 6.01. The van der Waals surface area contributed by atoms with Gasteiger partial charge < -0.3 is 5.32 Å². The molecule has 1 nitrogen and oxygen atoms in total. The zero-order valence-electron chi connectivity index (χ0n) is 9.67. The monoisotopic (exact) mass is 279 g/mol. The van der Waals surface area contributed by atoms with Crippen LogP contribution < -0.4 is 5.32 Å². The van der Waals surface area contributed by atoms with E-state index < -0.39 is 0 Å². The summed E-state index contributed by atoms with van der Waals surface area (Å²) in [7, 11) is 0. The molecule has 2 rings (SSSR count). The van der Waals surface area contributed by atoms with Crippen LogP contribution in [0, 0.1) is 0 Å². The van der Waals surface area contributed by atoms with Gasteiger partial charge in [-0.2, -0.15) is 0 Å². The summed E-state index contributed by atoms with van der Waals surface area (Å²) >= 11 is 3.63. The van der Waals surface area contributed by atoms with Gasteiger partial charge in [0.15, 0.2) is 0 Å². The third-order valence-corrected chi connectivity index (χ3v) is 3.96. The van der Waals surface area contributed by atoms with Gasteiger partial charge in [-0.3, -0.25) is 0 Å². The highest BCUT2D eigenvalue weighted by molar-refractivity contribution is 9.10. The van der Waals surface area contributed by atoms with E-state index in [2.05, 4.69) is 52.9 Å². The predicted molar refractivity (Wildman–Crippen MR) is 72.6 cm³/mol. The Kier molecular flexibility index (Phi) is 3.82. The van der Waals surface area contributed by atoms with Crippen LogP contribution in [0.4, 0.5) is 0 Å². The molecule has 86 valence electrons. The van der Waals surface area contributed by atoms with Gasteiger partial charge in [0.25, 0.3) is 0 Å². The summed E-state index contributed by atoms with van der Waals surface area (Å²) in [5.41, 5.74) is 2.94. The van der Waals surface area contributed by atoms with E-state index in [0.29, 0.717) is 12.1 Å². The Hall–Kier alpha value is -0.600. The smallest absolute Gasteiger partial charge is 0.0328 e. The number of halogens is 1. The van der Waals surface area contributed by atoms with Crippen molar-refractivity contribution in [2.24, 2.45) is 0 Å². The van der Waals surface area contributed by atoms with Gasteiger partial charge >= 0.3 is 0 Å². The number of rotatable bonds is 4. The molecule has 0 fully saturated rings. The third kappa shape index (κ3) is 2.38. The van der Waals surface area contributed by atoms with Crippen LogP contribution in [-0.2, 0) is 6.42 Å². The van der Waals surface area contributed by atoms with Crippen molar-refractivity contribution in [2.45, 2.75) is 38.3 Å². The van der Waals surface area contributed by atoms with Crippen LogP contribution in [0.2, 0.25) is 0 Å². The maximum absolute atomic E-state index is 3.79. The van der Waals surface area contributed by atoms with Crippen LogP contribution in [0.3, 0.4) is 0 Å². The van der Waals surface area contributed by atoms with E-state index >= 15 is 0 Å². The summed E-state index contributed by atoms with van der Waals surface area (Å²) in [6, 6.07) is 7.52. The lowest BCUT2D eigenvalue weighted by Gasteiger charge is -2.19. The molecule has 0 spiro atoms. The van der Waals surface area contributed by atoms with E-state index in [1.165, 1.54) is 28.4 Å². The first-order chi connectivity index (χ1) is 7.72. The zero-order chi connectivity index (χ0) is 11.5. The Bertz CT molecular complexity index is 386. The zero-order valence-corrected chi connectivity index (χ0v) is 11.3. The molecule has 1 aromatic rings. The molecule has 0 aliphatic heterocycles. The van der Waals surface area contributed by atoms with Gasteiger partial charge in [-0.05, 0) is 43.4 Å². The lowest BCUT2D eigenvalue weighted by atomic mass is 10.1. The SMILES string of the molecule is C=CCC(C)NC1CCc2c(Br)cccc21. The summed E-state index contributed by atoms with van der Waals surface area (Å²) in [6.07, 6.45) is 5.39. The van der Waals surface area contributed by atoms with Crippen molar-refractivity contribution in [2.75, 3.05) is 0 Å². The Balaban J connectivity index is 2.11. The summed E-state index contributed by atoms with van der Waals surface area (Å²) in [5.74, 6) is 0. The normalized spacial score (nSPS) is 20.5. The molecule has 0 bridgehead atoms. The second-order valence-electron chi connectivity index (χ2n) is 4.49. The number of nitrogens with one attached hydrogen (secondary N) is 1. The van der Waals surface area contributed by atoms with Gasteiger partial charge in [-0.1, -0.05) is 34.1 Å². The average molecular weight is 280 g/mol. The fraction of sp³-hybridized carbons (Fsp3) is 0.429.